The minimum atomic E-state index is -4.07. The molecule has 0 saturated heterocycles. The molecule has 0 aliphatic rings. The van der Waals surface area contributed by atoms with Crippen LogP contribution in [0.5, 0.6) is 0 Å². The number of benzene rings is 3. The molecular weight excluding hydrogens is 510 g/mol. The van der Waals surface area contributed by atoms with Crippen LogP contribution in [0.25, 0.3) is 0 Å². The van der Waals surface area contributed by atoms with Crippen LogP contribution in [0.3, 0.4) is 0 Å². The van der Waals surface area contributed by atoms with Gasteiger partial charge in [-0.1, -0.05) is 79.6 Å². The van der Waals surface area contributed by atoms with Crippen LogP contribution in [0.4, 0.5) is 5.69 Å². The second-order valence-corrected chi connectivity index (χ2v) is 11.8. The van der Waals surface area contributed by atoms with Crippen molar-refractivity contribution in [3.63, 3.8) is 0 Å². The number of hydrogen-bond acceptors (Lipinski definition) is 4. The van der Waals surface area contributed by atoms with E-state index in [1.165, 1.54) is 4.90 Å². The highest BCUT2D eigenvalue weighted by Gasteiger charge is 2.33. The van der Waals surface area contributed by atoms with Crippen LogP contribution < -0.4 is 9.62 Å². The third-order valence-corrected chi connectivity index (χ3v) is 8.54. The number of carbonyl (C=O) groups is 2. The molecule has 0 fully saturated rings. The molecule has 3 rings (SSSR count). The summed E-state index contributed by atoms with van der Waals surface area (Å²) in [5.41, 5.74) is 3.20. The molecule has 3 aromatic rings. The van der Waals surface area contributed by atoms with Crippen molar-refractivity contribution in [2.24, 2.45) is 0 Å². The lowest BCUT2D eigenvalue weighted by Gasteiger charge is -2.33. The van der Waals surface area contributed by atoms with Crippen LogP contribution in [0, 0.1) is 13.8 Å². The van der Waals surface area contributed by atoms with E-state index in [9.17, 15) is 18.0 Å². The van der Waals surface area contributed by atoms with Crippen molar-refractivity contribution in [3.8, 4) is 0 Å². The van der Waals surface area contributed by atoms with E-state index in [4.69, 9.17) is 0 Å². The zero-order valence-electron chi connectivity index (χ0n) is 23.4. The first kappa shape index (κ1) is 29.9. The maximum absolute atomic E-state index is 14.0. The molecule has 0 aliphatic heterocycles. The highest BCUT2D eigenvalue weighted by molar-refractivity contribution is 7.92. The second-order valence-electron chi connectivity index (χ2n) is 9.91. The molecular formula is C31H39N3O4S. The Balaban J connectivity index is 2.03. The predicted molar refractivity (Wildman–Crippen MR) is 156 cm³/mol. The van der Waals surface area contributed by atoms with Gasteiger partial charge >= 0.3 is 0 Å². The number of sulfonamides is 1. The molecule has 0 spiro atoms. The van der Waals surface area contributed by atoms with E-state index in [1.54, 1.807) is 54.6 Å². The fourth-order valence-corrected chi connectivity index (χ4v) is 5.74. The second kappa shape index (κ2) is 13.4. The fraction of sp³-hybridized carbons (Fsp3) is 0.355. The van der Waals surface area contributed by atoms with Crippen molar-refractivity contribution < 1.29 is 18.0 Å². The highest BCUT2D eigenvalue weighted by atomic mass is 32.2. The molecule has 1 N–H and O–H groups in total. The number of nitrogens with zero attached hydrogens (tertiary/aromatic N) is 2. The summed E-state index contributed by atoms with van der Waals surface area (Å²) in [6.07, 6.45) is 1.14. The number of hydrogen-bond donors (Lipinski definition) is 1. The third kappa shape index (κ3) is 7.69. The first-order valence-corrected chi connectivity index (χ1v) is 14.8. The summed E-state index contributed by atoms with van der Waals surface area (Å²) in [5.74, 6) is -0.706. The fourth-order valence-electron chi connectivity index (χ4n) is 4.33. The summed E-state index contributed by atoms with van der Waals surface area (Å²) >= 11 is 0. The SMILES string of the molecule is CC[C@H](C(=O)N[C@@H](C)CC)N(Cc1cccc(C)c1)C(=O)CN(c1ccccc1)S(=O)(=O)c1ccc(C)cc1. The summed E-state index contributed by atoms with van der Waals surface area (Å²) < 4.78 is 28.8. The molecule has 0 aliphatic carbocycles. The number of amides is 2. The van der Waals surface area contributed by atoms with Gasteiger partial charge in [-0.2, -0.15) is 0 Å². The van der Waals surface area contributed by atoms with Crippen LogP contribution in [-0.2, 0) is 26.2 Å². The molecule has 0 saturated carbocycles. The van der Waals surface area contributed by atoms with Gasteiger partial charge in [0.25, 0.3) is 10.0 Å². The molecule has 7 nitrogen and oxygen atoms in total. The van der Waals surface area contributed by atoms with Crippen molar-refractivity contribution in [3.05, 3.63) is 95.6 Å². The smallest absolute Gasteiger partial charge is 0.264 e. The predicted octanol–water partition coefficient (Wildman–Crippen LogP) is 5.22. The Morgan fingerprint density at radius 2 is 1.51 bits per heavy atom. The first-order chi connectivity index (χ1) is 18.6. The minimum absolute atomic E-state index is 0.0507. The van der Waals surface area contributed by atoms with Crippen molar-refractivity contribution in [1.29, 1.82) is 0 Å². The van der Waals surface area contributed by atoms with Gasteiger partial charge in [0.1, 0.15) is 12.6 Å². The standard InChI is InChI=1S/C31H39N3O4S/c1-6-25(5)32-31(36)29(7-2)33(21-26-13-11-12-24(4)20-26)30(35)22-34(27-14-9-8-10-15-27)39(37,38)28-18-16-23(3)17-19-28/h8-20,25,29H,6-7,21-22H2,1-5H3,(H,32,36)/t25-,29+/m0/s1. The van der Waals surface area contributed by atoms with Gasteiger partial charge in [0.05, 0.1) is 10.6 Å². The lowest BCUT2D eigenvalue weighted by Crippen LogP contribution is -2.53. The largest absolute Gasteiger partial charge is 0.352 e. The zero-order chi connectivity index (χ0) is 28.6. The average molecular weight is 550 g/mol. The molecule has 2 atom stereocenters. The van der Waals surface area contributed by atoms with Crippen LogP contribution in [-0.4, -0.2) is 43.8 Å². The Bertz CT molecular complexity index is 1360. The van der Waals surface area contributed by atoms with E-state index >= 15 is 0 Å². The summed E-state index contributed by atoms with van der Waals surface area (Å²) in [7, 11) is -4.07. The average Bonchev–Trinajstić information content (AvgIpc) is 2.92. The Labute approximate surface area is 232 Å². The molecule has 39 heavy (non-hydrogen) atoms. The van der Waals surface area contributed by atoms with Crippen LogP contribution in [0.15, 0.2) is 83.8 Å². The molecule has 0 heterocycles. The van der Waals surface area contributed by atoms with E-state index in [0.717, 1.165) is 27.4 Å². The third-order valence-electron chi connectivity index (χ3n) is 6.75. The number of nitrogens with one attached hydrogen (secondary N) is 1. The summed E-state index contributed by atoms with van der Waals surface area (Å²) in [4.78, 5) is 29.0. The van der Waals surface area contributed by atoms with Crippen LogP contribution in [0.1, 0.15) is 50.3 Å². The van der Waals surface area contributed by atoms with Crippen LogP contribution >= 0.6 is 0 Å². The monoisotopic (exact) mass is 549 g/mol. The van der Waals surface area contributed by atoms with Gasteiger partial charge < -0.3 is 10.2 Å². The summed E-state index contributed by atoms with van der Waals surface area (Å²) in [6, 6.07) is 22.1. The van der Waals surface area contributed by atoms with Gasteiger partial charge in [0.15, 0.2) is 0 Å². The van der Waals surface area contributed by atoms with Gasteiger partial charge in [-0.05, 0) is 63.4 Å². The number of anilines is 1. The van der Waals surface area contributed by atoms with Gasteiger partial charge in [-0.15, -0.1) is 0 Å². The molecule has 2 amide bonds. The van der Waals surface area contributed by atoms with E-state index in [1.807, 2.05) is 58.9 Å². The van der Waals surface area contributed by atoms with E-state index in [0.29, 0.717) is 12.1 Å². The molecule has 0 unspecified atom stereocenters. The molecule has 0 bridgehead atoms. The Morgan fingerprint density at radius 3 is 2.10 bits per heavy atom. The molecule has 0 aromatic heterocycles. The van der Waals surface area contributed by atoms with Gasteiger partial charge in [-0.3, -0.25) is 13.9 Å². The molecule has 0 radical (unpaired) electrons. The minimum Gasteiger partial charge on any atom is -0.352 e. The van der Waals surface area contributed by atoms with E-state index in [2.05, 4.69) is 5.32 Å². The van der Waals surface area contributed by atoms with Crippen molar-refractivity contribution in [2.75, 3.05) is 10.8 Å². The van der Waals surface area contributed by atoms with Crippen molar-refractivity contribution >= 4 is 27.5 Å². The number of carbonyl (C=O) groups excluding carboxylic acids is 2. The number of rotatable bonds is 12. The van der Waals surface area contributed by atoms with Crippen molar-refractivity contribution in [1.82, 2.24) is 10.2 Å². The summed E-state index contributed by atoms with van der Waals surface area (Å²) in [5, 5.41) is 2.99. The lowest BCUT2D eigenvalue weighted by molar-refractivity contribution is -0.140. The van der Waals surface area contributed by atoms with Crippen molar-refractivity contribution in [2.45, 2.75) is 71.0 Å². The van der Waals surface area contributed by atoms with Crippen LogP contribution in [0.2, 0.25) is 0 Å². The van der Waals surface area contributed by atoms with Gasteiger partial charge in [-0.25, -0.2) is 8.42 Å². The number of aryl methyl sites for hydroxylation is 2. The first-order valence-electron chi connectivity index (χ1n) is 13.4. The normalized spacial score (nSPS) is 12.8. The highest BCUT2D eigenvalue weighted by Crippen LogP contribution is 2.25. The molecule has 208 valence electrons. The maximum atomic E-state index is 14.0. The summed E-state index contributed by atoms with van der Waals surface area (Å²) in [6.45, 7) is 9.34. The lowest BCUT2D eigenvalue weighted by atomic mass is 10.1. The van der Waals surface area contributed by atoms with E-state index in [-0.39, 0.29) is 23.4 Å². The Hall–Kier alpha value is -3.65. The van der Waals surface area contributed by atoms with E-state index < -0.39 is 28.5 Å². The molecule has 3 aromatic carbocycles. The molecule has 8 heteroatoms. The Morgan fingerprint density at radius 1 is 0.846 bits per heavy atom. The quantitative estimate of drug-likeness (QED) is 0.336. The Kier molecular flexibility index (Phi) is 10.3. The maximum Gasteiger partial charge on any atom is 0.264 e. The van der Waals surface area contributed by atoms with Gasteiger partial charge in [0.2, 0.25) is 11.8 Å². The zero-order valence-corrected chi connectivity index (χ0v) is 24.2. The van der Waals surface area contributed by atoms with Gasteiger partial charge in [0, 0.05) is 12.6 Å². The topological polar surface area (TPSA) is 86.8 Å². The number of para-hydroxylation sites is 1.